The molecule has 0 bridgehead atoms. The summed E-state index contributed by atoms with van der Waals surface area (Å²) in [7, 11) is 0. The van der Waals surface area contributed by atoms with Crippen molar-refractivity contribution in [3.05, 3.63) is 105 Å². The molecule has 0 amide bonds. The largest absolute Gasteiger partial charge is 0.373 e. The van der Waals surface area contributed by atoms with Crippen LogP contribution in [0.3, 0.4) is 0 Å². The third-order valence-corrected chi connectivity index (χ3v) is 9.17. The van der Waals surface area contributed by atoms with Gasteiger partial charge in [0.1, 0.15) is 11.9 Å². The van der Waals surface area contributed by atoms with Crippen LogP contribution in [0.1, 0.15) is 50.8 Å². The summed E-state index contributed by atoms with van der Waals surface area (Å²) >= 11 is 19.2. The lowest BCUT2D eigenvalue weighted by molar-refractivity contribution is 0.0570. The van der Waals surface area contributed by atoms with Gasteiger partial charge >= 0.3 is 0 Å². The minimum atomic E-state index is -0.502. The maximum absolute atomic E-state index is 14.2. The Morgan fingerprint density at radius 1 is 1.00 bits per heavy atom. The number of nitrogens with zero attached hydrogens (tertiary/aromatic N) is 4. The molecule has 0 aliphatic carbocycles. The molecule has 1 saturated heterocycles. The first kappa shape index (κ1) is 32.2. The highest BCUT2D eigenvalue weighted by Crippen LogP contribution is 2.38. The summed E-state index contributed by atoms with van der Waals surface area (Å²) in [5, 5.41) is 20.7. The van der Waals surface area contributed by atoms with Crippen molar-refractivity contribution >= 4 is 62.8 Å². The molecule has 46 heavy (non-hydrogen) atoms. The Kier molecular flexibility index (Phi) is 9.19. The molecule has 4 aromatic rings. The lowest BCUT2D eigenvalue weighted by atomic mass is 9.98. The molecule has 0 spiro atoms. The van der Waals surface area contributed by atoms with Crippen molar-refractivity contribution in [3.63, 3.8) is 0 Å². The normalized spacial score (nSPS) is 16.6. The number of nitriles is 1. The van der Waals surface area contributed by atoms with E-state index in [0.29, 0.717) is 44.1 Å². The predicted octanol–water partition coefficient (Wildman–Crippen LogP) is 8.53. The average Bonchev–Trinajstić information content (AvgIpc) is 3.50. The fourth-order valence-corrected chi connectivity index (χ4v) is 6.61. The van der Waals surface area contributed by atoms with Gasteiger partial charge in [-0.25, -0.2) is 4.39 Å². The number of hydrazine groups is 2. The van der Waals surface area contributed by atoms with Gasteiger partial charge in [0.15, 0.2) is 0 Å². The summed E-state index contributed by atoms with van der Waals surface area (Å²) in [6, 6.07) is 17.7. The van der Waals surface area contributed by atoms with E-state index in [9.17, 15) is 9.65 Å². The number of benzene rings is 3. The first-order chi connectivity index (χ1) is 22.0. The van der Waals surface area contributed by atoms with E-state index in [0.717, 1.165) is 37.2 Å². The number of nitrogens with one attached hydrogen (secondary N) is 4. The zero-order chi connectivity index (χ0) is 32.6. The van der Waals surface area contributed by atoms with Gasteiger partial charge in [-0.1, -0.05) is 46.9 Å². The zero-order valence-corrected chi connectivity index (χ0v) is 27.9. The van der Waals surface area contributed by atoms with Gasteiger partial charge in [-0.3, -0.25) is 14.9 Å². The van der Waals surface area contributed by atoms with E-state index in [1.807, 2.05) is 30.3 Å². The van der Waals surface area contributed by atoms with Crippen molar-refractivity contribution in [1.82, 2.24) is 25.9 Å². The molecule has 2 aliphatic heterocycles. The van der Waals surface area contributed by atoms with E-state index in [1.165, 1.54) is 18.3 Å². The van der Waals surface area contributed by atoms with Crippen molar-refractivity contribution < 1.29 is 4.39 Å². The minimum absolute atomic E-state index is 0.149. The van der Waals surface area contributed by atoms with Gasteiger partial charge in [0.05, 0.1) is 33.5 Å². The van der Waals surface area contributed by atoms with Crippen LogP contribution < -0.4 is 21.6 Å². The molecule has 0 unspecified atom stereocenters. The van der Waals surface area contributed by atoms with Crippen LogP contribution in [0.15, 0.2) is 72.7 Å². The van der Waals surface area contributed by atoms with Crippen LogP contribution in [0.5, 0.6) is 0 Å². The van der Waals surface area contributed by atoms with Crippen LogP contribution in [-0.4, -0.2) is 39.6 Å². The van der Waals surface area contributed by atoms with Gasteiger partial charge in [-0.15, -0.1) is 5.53 Å². The van der Waals surface area contributed by atoms with E-state index in [2.05, 4.69) is 69.5 Å². The molecular formula is C34H34Cl3FN8. The Bertz CT molecular complexity index is 1810. The fraction of sp³-hybridized carbons (Fsp3) is 0.294. The van der Waals surface area contributed by atoms with Crippen molar-refractivity contribution in [2.24, 2.45) is 0 Å². The smallest absolute Gasteiger partial charge is 0.126 e. The summed E-state index contributed by atoms with van der Waals surface area (Å²) in [5.41, 5.74) is 11.1. The zero-order valence-electron chi connectivity index (χ0n) is 25.6. The fourth-order valence-electron chi connectivity index (χ4n) is 6.00. The molecule has 3 heterocycles. The first-order valence-corrected chi connectivity index (χ1v) is 16.2. The van der Waals surface area contributed by atoms with Crippen LogP contribution in [-0.2, 0) is 0 Å². The number of rotatable bonds is 7. The molecule has 4 N–H and O–H groups in total. The highest BCUT2D eigenvalue weighted by atomic mass is 35.5. The number of halogens is 4. The number of anilines is 3. The van der Waals surface area contributed by atoms with Gasteiger partial charge < -0.3 is 16.1 Å². The van der Waals surface area contributed by atoms with Crippen LogP contribution in [0.4, 0.5) is 21.5 Å². The molecule has 6 rings (SSSR count). The van der Waals surface area contributed by atoms with Crippen molar-refractivity contribution in [2.45, 2.75) is 51.2 Å². The highest BCUT2D eigenvalue weighted by Gasteiger charge is 2.32. The number of piperidine rings is 1. The van der Waals surface area contributed by atoms with Crippen LogP contribution >= 0.6 is 34.8 Å². The molecule has 0 saturated carbocycles. The third-order valence-electron chi connectivity index (χ3n) is 8.42. The Morgan fingerprint density at radius 3 is 2.41 bits per heavy atom. The number of hydrogen-bond donors (Lipinski definition) is 4. The summed E-state index contributed by atoms with van der Waals surface area (Å²) < 4.78 is 14.2. The summed E-state index contributed by atoms with van der Waals surface area (Å²) in [4.78, 5) is 6.98. The van der Waals surface area contributed by atoms with E-state index in [-0.39, 0.29) is 22.2 Å². The molecule has 12 heteroatoms. The van der Waals surface area contributed by atoms with Crippen molar-refractivity contribution in [2.75, 3.05) is 23.7 Å². The summed E-state index contributed by atoms with van der Waals surface area (Å²) in [6.45, 7) is 8.84. The minimum Gasteiger partial charge on any atom is -0.373 e. The summed E-state index contributed by atoms with van der Waals surface area (Å²) in [6.07, 6.45) is 5.63. The molecule has 1 aromatic heterocycles. The van der Waals surface area contributed by atoms with Crippen molar-refractivity contribution in [3.8, 4) is 6.07 Å². The lowest BCUT2D eigenvalue weighted by Gasteiger charge is -2.42. The lowest BCUT2D eigenvalue weighted by Crippen LogP contribution is -2.52. The number of likely N-dealkylation sites (tertiary alicyclic amines) is 1. The van der Waals surface area contributed by atoms with E-state index in [4.69, 9.17) is 34.8 Å². The number of hydrogen-bond acceptors (Lipinski definition) is 8. The molecule has 8 nitrogen and oxygen atoms in total. The molecular weight excluding hydrogens is 646 g/mol. The Balaban J connectivity index is 1.34. The summed E-state index contributed by atoms with van der Waals surface area (Å²) in [5.74, 6) is -0.502. The highest BCUT2D eigenvalue weighted by molar-refractivity contribution is 6.36. The molecule has 2 aliphatic rings. The maximum Gasteiger partial charge on any atom is 0.126 e. The monoisotopic (exact) mass is 678 g/mol. The average molecular weight is 680 g/mol. The Hall–Kier alpha value is -3.78. The van der Waals surface area contributed by atoms with Crippen LogP contribution in [0.2, 0.25) is 15.1 Å². The topological polar surface area (TPSA) is 91.3 Å². The predicted molar refractivity (Wildman–Crippen MR) is 185 cm³/mol. The standard InChI is InChI=1S/C34H34Cl3FN8/c1-34(2,3)45-10-8-27(9-11-45)46-19-30(43-44-46)32(20-4-6-22(35)7-5-20)42-26-15-28-31(41-25-13-23(36)12-24(38)14-25)21(17-39)18-40-33(28)29(37)16-26/h4-7,12-16,18-19,27,32,42-44H,8-11H2,1-3H3,(H,40,41)/t32-/m0/s1. The number of fused-ring (bicyclic) bond motifs is 1. The van der Waals surface area contributed by atoms with Crippen LogP contribution in [0, 0.1) is 17.1 Å². The second-order valence-corrected chi connectivity index (χ2v) is 13.8. The Labute approximate surface area is 283 Å². The van der Waals surface area contributed by atoms with Crippen molar-refractivity contribution in [1.29, 1.82) is 5.26 Å². The molecule has 1 atom stereocenters. The van der Waals surface area contributed by atoms with Gasteiger partial charge in [0, 0.05) is 63.9 Å². The number of pyridine rings is 1. The van der Waals surface area contributed by atoms with Gasteiger partial charge in [-0.05, 0) is 81.6 Å². The first-order valence-electron chi connectivity index (χ1n) is 15.0. The second-order valence-electron chi connectivity index (χ2n) is 12.5. The quantitative estimate of drug-likeness (QED) is 0.155. The van der Waals surface area contributed by atoms with Crippen LogP contribution in [0.25, 0.3) is 10.9 Å². The molecule has 238 valence electrons. The van der Waals surface area contributed by atoms with E-state index in [1.54, 1.807) is 12.1 Å². The van der Waals surface area contributed by atoms with E-state index < -0.39 is 5.82 Å². The van der Waals surface area contributed by atoms with Gasteiger partial charge in [-0.2, -0.15) is 5.26 Å². The third kappa shape index (κ3) is 6.97. The SMILES string of the molecule is CC(C)(C)N1CCC(N2C=C([C@@H](Nc3cc(Cl)c4ncc(C#N)c(Nc5cc(F)cc(Cl)c5)c4c3)c3ccc(Cl)cc3)NN2)CC1. The van der Waals surface area contributed by atoms with E-state index >= 15 is 0 Å². The van der Waals surface area contributed by atoms with Gasteiger partial charge in [0.2, 0.25) is 0 Å². The Morgan fingerprint density at radius 2 is 1.74 bits per heavy atom. The second kappa shape index (κ2) is 13.1. The van der Waals surface area contributed by atoms with Gasteiger partial charge in [0.25, 0.3) is 0 Å². The number of aromatic nitrogens is 1. The molecule has 0 radical (unpaired) electrons. The molecule has 1 fully saturated rings. The molecule has 3 aromatic carbocycles. The maximum atomic E-state index is 14.2.